The fraction of sp³-hybridized carbons (Fsp3) is 0.214. The second kappa shape index (κ2) is 9.85. The van der Waals surface area contributed by atoms with Crippen LogP contribution in [0.3, 0.4) is 0 Å². The highest BCUT2D eigenvalue weighted by atomic mass is 32.2. The van der Waals surface area contributed by atoms with Gasteiger partial charge in [-0.05, 0) is 54.1 Å². The van der Waals surface area contributed by atoms with Crippen LogP contribution in [0.25, 0.3) is 11.1 Å². The van der Waals surface area contributed by atoms with Crippen LogP contribution in [0, 0.1) is 0 Å². The summed E-state index contributed by atoms with van der Waals surface area (Å²) in [5.74, 6) is 0.702. The van der Waals surface area contributed by atoms with Crippen LogP contribution in [-0.4, -0.2) is 39.1 Å². The molecule has 196 valence electrons. The first-order chi connectivity index (χ1) is 18.1. The predicted octanol–water partition coefficient (Wildman–Crippen LogP) is 5.61. The van der Waals surface area contributed by atoms with Crippen LogP contribution in [0.2, 0.25) is 0 Å². The molecule has 0 saturated heterocycles. The van der Waals surface area contributed by atoms with Crippen molar-refractivity contribution in [1.82, 2.24) is 4.98 Å². The van der Waals surface area contributed by atoms with Gasteiger partial charge in [0, 0.05) is 35.6 Å². The number of anilines is 2. The van der Waals surface area contributed by atoms with Gasteiger partial charge in [-0.25, -0.2) is 13.4 Å². The van der Waals surface area contributed by atoms with Gasteiger partial charge in [0.15, 0.2) is 11.4 Å². The minimum absolute atomic E-state index is 0.0533. The first-order valence-corrected chi connectivity index (χ1v) is 14.3. The van der Waals surface area contributed by atoms with Gasteiger partial charge in [-0.2, -0.15) is 0 Å². The van der Waals surface area contributed by atoms with Crippen molar-refractivity contribution in [2.75, 3.05) is 29.5 Å². The monoisotopic (exact) mass is 549 g/mol. The van der Waals surface area contributed by atoms with Crippen LogP contribution < -0.4 is 14.4 Å². The summed E-state index contributed by atoms with van der Waals surface area (Å²) < 4.78 is 39.2. The Balaban J connectivity index is 1.29. The van der Waals surface area contributed by atoms with Gasteiger partial charge in [0.25, 0.3) is 15.2 Å². The normalized spacial score (nSPS) is 15.6. The van der Waals surface area contributed by atoms with Gasteiger partial charge in [-0.3, -0.25) is 9.52 Å². The SMILES string of the molecule is COc1ccc(NS(=O)(=O)c2ccc3oc(SCC(=O)C=C4N(C)c5ccccc5C4(C)C)nc3c2)cc1. The van der Waals surface area contributed by atoms with E-state index in [4.69, 9.17) is 9.15 Å². The molecule has 0 unspecified atom stereocenters. The summed E-state index contributed by atoms with van der Waals surface area (Å²) in [4.78, 5) is 19.4. The average Bonchev–Trinajstić information content (AvgIpc) is 3.40. The fourth-order valence-electron chi connectivity index (χ4n) is 4.57. The van der Waals surface area contributed by atoms with E-state index in [1.165, 1.54) is 29.5 Å². The lowest BCUT2D eigenvalue weighted by Gasteiger charge is -2.23. The largest absolute Gasteiger partial charge is 0.497 e. The van der Waals surface area contributed by atoms with Gasteiger partial charge < -0.3 is 14.1 Å². The van der Waals surface area contributed by atoms with Crippen molar-refractivity contribution in [3.05, 3.63) is 84.1 Å². The maximum absolute atomic E-state index is 12.9. The molecule has 0 amide bonds. The molecule has 0 radical (unpaired) electrons. The van der Waals surface area contributed by atoms with E-state index in [9.17, 15) is 13.2 Å². The summed E-state index contributed by atoms with van der Waals surface area (Å²) in [5.41, 5.74) is 4.16. The highest BCUT2D eigenvalue weighted by Gasteiger charge is 2.38. The molecule has 0 bridgehead atoms. The van der Waals surface area contributed by atoms with Crippen LogP contribution in [0.15, 0.2) is 93.0 Å². The number of thioether (sulfide) groups is 1. The third-order valence-corrected chi connectivity index (χ3v) is 8.80. The number of likely N-dealkylation sites (N-methyl/N-ethyl adjacent to an activating group) is 1. The predicted molar refractivity (Wildman–Crippen MR) is 149 cm³/mol. The number of sulfonamides is 1. The molecule has 1 aliphatic heterocycles. The Kier molecular flexibility index (Phi) is 6.70. The van der Waals surface area contributed by atoms with Gasteiger partial charge in [0.2, 0.25) is 0 Å². The van der Waals surface area contributed by atoms with Crippen LogP contribution in [0.5, 0.6) is 5.75 Å². The summed E-state index contributed by atoms with van der Waals surface area (Å²) in [5, 5.41) is 0.298. The number of rotatable bonds is 8. The van der Waals surface area contributed by atoms with Crippen molar-refractivity contribution < 1.29 is 22.4 Å². The van der Waals surface area contributed by atoms with E-state index < -0.39 is 10.0 Å². The first kappa shape index (κ1) is 25.9. The van der Waals surface area contributed by atoms with Gasteiger partial charge in [-0.15, -0.1) is 0 Å². The lowest BCUT2D eigenvalue weighted by Crippen LogP contribution is -2.24. The van der Waals surface area contributed by atoms with Crippen LogP contribution in [0.4, 0.5) is 11.4 Å². The average molecular weight is 550 g/mol. The van der Waals surface area contributed by atoms with Crippen LogP contribution >= 0.6 is 11.8 Å². The van der Waals surface area contributed by atoms with Crippen molar-refractivity contribution in [2.45, 2.75) is 29.4 Å². The summed E-state index contributed by atoms with van der Waals surface area (Å²) in [6.45, 7) is 4.22. The van der Waals surface area contributed by atoms with Crippen LogP contribution in [0.1, 0.15) is 19.4 Å². The van der Waals surface area contributed by atoms with Crippen molar-refractivity contribution in [3.8, 4) is 5.75 Å². The second-order valence-electron chi connectivity index (χ2n) is 9.43. The molecule has 10 heteroatoms. The summed E-state index contributed by atoms with van der Waals surface area (Å²) in [6.07, 6.45) is 1.69. The van der Waals surface area contributed by atoms with Gasteiger partial charge >= 0.3 is 0 Å². The molecule has 8 nitrogen and oxygen atoms in total. The molecule has 0 aliphatic carbocycles. The third-order valence-electron chi connectivity index (χ3n) is 6.57. The number of hydrogen-bond acceptors (Lipinski definition) is 8. The van der Waals surface area contributed by atoms with Gasteiger partial charge in [-0.1, -0.05) is 43.8 Å². The topological polar surface area (TPSA) is 102 Å². The molecule has 1 aliphatic rings. The highest BCUT2D eigenvalue weighted by molar-refractivity contribution is 7.99. The number of nitrogens with zero attached hydrogens (tertiary/aromatic N) is 2. The quantitative estimate of drug-likeness (QED) is 0.224. The number of ether oxygens (including phenoxy) is 1. The molecule has 1 aromatic heterocycles. The van der Waals surface area contributed by atoms with E-state index in [0.29, 0.717) is 27.8 Å². The highest BCUT2D eigenvalue weighted by Crippen LogP contribution is 2.46. The number of hydrogen-bond donors (Lipinski definition) is 1. The number of fused-ring (bicyclic) bond motifs is 2. The van der Waals surface area contributed by atoms with Crippen molar-refractivity contribution >= 4 is 50.0 Å². The van der Waals surface area contributed by atoms with Crippen LogP contribution in [-0.2, 0) is 20.2 Å². The molecule has 0 fully saturated rings. The van der Waals surface area contributed by atoms with Crippen molar-refractivity contribution in [1.29, 1.82) is 0 Å². The Morgan fingerprint density at radius 1 is 1.13 bits per heavy atom. The number of oxazole rings is 1. The Morgan fingerprint density at radius 3 is 2.58 bits per heavy atom. The standard InChI is InChI=1S/C28H27N3O5S2/c1-28(2)22-7-5-6-8-24(22)31(3)26(28)15-19(32)17-37-27-29-23-16-21(13-14-25(23)36-27)38(33,34)30-18-9-11-20(35-4)12-10-18/h5-16,30H,17H2,1-4H3. The maximum Gasteiger partial charge on any atom is 0.261 e. The number of benzene rings is 3. The van der Waals surface area contributed by atoms with Gasteiger partial charge in [0.05, 0.1) is 17.8 Å². The molecule has 1 N–H and O–H groups in total. The number of ketones is 1. The number of methoxy groups -OCH3 is 1. The molecule has 0 spiro atoms. The molecule has 38 heavy (non-hydrogen) atoms. The van der Waals surface area contributed by atoms with E-state index in [1.54, 1.807) is 43.5 Å². The van der Waals surface area contributed by atoms with E-state index in [2.05, 4.69) is 40.6 Å². The van der Waals surface area contributed by atoms with E-state index in [0.717, 1.165) is 11.4 Å². The molecule has 2 heterocycles. The molecule has 0 atom stereocenters. The lowest BCUT2D eigenvalue weighted by molar-refractivity contribution is -0.112. The summed E-state index contributed by atoms with van der Waals surface area (Å²) >= 11 is 1.17. The molecular formula is C28H27N3O5S2. The smallest absolute Gasteiger partial charge is 0.261 e. The zero-order valence-electron chi connectivity index (χ0n) is 21.4. The number of para-hydroxylation sites is 1. The van der Waals surface area contributed by atoms with Crippen molar-refractivity contribution in [2.24, 2.45) is 0 Å². The zero-order chi connectivity index (χ0) is 27.1. The molecule has 5 rings (SSSR count). The lowest BCUT2D eigenvalue weighted by atomic mass is 9.83. The van der Waals surface area contributed by atoms with E-state index in [-0.39, 0.29) is 21.8 Å². The zero-order valence-corrected chi connectivity index (χ0v) is 23.0. The molecule has 0 saturated carbocycles. The Morgan fingerprint density at radius 2 is 1.87 bits per heavy atom. The third kappa shape index (κ3) is 4.89. The van der Waals surface area contributed by atoms with Crippen molar-refractivity contribution in [3.63, 3.8) is 0 Å². The summed E-state index contributed by atoms with van der Waals surface area (Å²) in [6, 6.07) is 19.2. The number of nitrogens with one attached hydrogen (secondary N) is 1. The number of carbonyl (C=O) groups excluding carboxylic acids is 1. The molecular weight excluding hydrogens is 522 g/mol. The Bertz CT molecular complexity index is 1660. The van der Waals surface area contributed by atoms with E-state index >= 15 is 0 Å². The number of aromatic nitrogens is 1. The fourth-order valence-corrected chi connectivity index (χ4v) is 6.31. The minimum atomic E-state index is -3.84. The maximum atomic E-state index is 12.9. The molecule has 3 aromatic carbocycles. The second-order valence-corrected chi connectivity index (χ2v) is 12.0. The minimum Gasteiger partial charge on any atom is -0.497 e. The Hall–Kier alpha value is -3.76. The summed E-state index contributed by atoms with van der Waals surface area (Å²) in [7, 11) is -0.329. The number of allylic oxidation sites excluding steroid dienone is 2. The molecule has 4 aromatic rings. The van der Waals surface area contributed by atoms with Gasteiger partial charge in [0.1, 0.15) is 11.3 Å². The number of carbonyl (C=O) groups is 1. The van der Waals surface area contributed by atoms with E-state index in [1.807, 2.05) is 19.2 Å². The Labute approximate surface area is 225 Å². The first-order valence-electron chi connectivity index (χ1n) is 11.9.